The molecule has 1 aliphatic rings. The summed E-state index contributed by atoms with van der Waals surface area (Å²) in [4.78, 5) is 14.0. The summed E-state index contributed by atoms with van der Waals surface area (Å²) in [6.07, 6.45) is -0.988. The van der Waals surface area contributed by atoms with Crippen molar-refractivity contribution < 1.29 is 18.0 Å². The molecule has 0 aromatic heterocycles. The van der Waals surface area contributed by atoms with Crippen LogP contribution >= 0.6 is 0 Å². The van der Waals surface area contributed by atoms with E-state index in [1.807, 2.05) is 4.90 Å². The number of amides is 1. The number of nitrogens with zero attached hydrogens (tertiary/aromatic N) is 1. The second kappa shape index (κ2) is 8.70. The molecule has 0 saturated carbocycles. The van der Waals surface area contributed by atoms with E-state index in [2.05, 4.69) is 19.2 Å². The molecule has 1 saturated heterocycles. The van der Waals surface area contributed by atoms with E-state index in [4.69, 9.17) is 0 Å². The van der Waals surface area contributed by atoms with Gasteiger partial charge in [0.05, 0.1) is 5.56 Å². The normalized spacial score (nSPS) is 18.4. The van der Waals surface area contributed by atoms with E-state index >= 15 is 0 Å². The Labute approximate surface area is 147 Å². The third-order valence-corrected chi connectivity index (χ3v) is 4.64. The van der Waals surface area contributed by atoms with E-state index in [9.17, 15) is 18.0 Å². The number of hydrogen-bond donors (Lipinski definition) is 1. The molecule has 1 aliphatic heterocycles. The van der Waals surface area contributed by atoms with E-state index in [1.165, 1.54) is 12.1 Å². The van der Waals surface area contributed by atoms with Crippen LogP contribution in [0.5, 0.6) is 0 Å². The van der Waals surface area contributed by atoms with E-state index in [-0.39, 0.29) is 11.9 Å². The van der Waals surface area contributed by atoms with Gasteiger partial charge in [-0.15, -0.1) is 0 Å². The maximum Gasteiger partial charge on any atom is 0.416 e. The van der Waals surface area contributed by atoms with Crippen molar-refractivity contribution in [3.8, 4) is 0 Å². The Morgan fingerprint density at radius 3 is 2.76 bits per heavy atom. The first-order chi connectivity index (χ1) is 11.8. The van der Waals surface area contributed by atoms with Gasteiger partial charge in [0, 0.05) is 25.6 Å². The summed E-state index contributed by atoms with van der Waals surface area (Å²) in [7, 11) is 0. The second-order valence-electron chi connectivity index (χ2n) is 7.13. The predicted octanol–water partition coefficient (Wildman–Crippen LogP) is 4.22. The van der Waals surface area contributed by atoms with Gasteiger partial charge in [0.1, 0.15) is 0 Å². The van der Waals surface area contributed by atoms with Gasteiger partial charge in [-0.25, -0.2) is 0 Å². The van der Waals surface area contributed by atoms with Crippen LogP contribution < -0.4 is 5.32 Å². The van der Waals surface area contributed by atoms with E-state index in [0.29, 0.717) is 31.0 Å². The zero-order valence-electron chi connectivity index (χ0n) is 14.9. The van der Waals surface area contributed by atoms with Gasteiger partial charge < -0.3 is 10.2 Å². The Morgan fingerprint density at radius 1 is 1.32 bits per heavy atom. The highest BCUT2D eigenvalue weighted by molar-refractivity contribution is 5.78. The van der Waals surface area contributed by atoms with E-state index in [0.717, 1.165) is 31.9 Å². The predicted molar refractivity (Wildman–Crippen MR) is 92.0 cm³/mol. The number of benzene rings is 1. The molecule has 1 N–H and O–H groups in total. The van der Waals surface area contributed by atoms with Crippen molar-refractivity contribution in [2.75, 3.05) is 13.1 Å². The standard InChI is InChI=1S/C19H27F3N2O/c1-14(2)9-11-24-17(6-7-18(24)25)8-10-23-13-15-4-3-5-16(12-15)19(20,21)22/h3-5,12,14,17,23H,6-11,13H2,1-2H3/t17-/m1/s1. The van der Waals surface area contributed by atoms with Gasteiger partial charge in [0.25, 0.3) is 0 Å². The smallest absolute Gasteiger partial charge is 0.340 e. The van der Waals surface area contributed by atoms with Crippen LogP contribution in [0.4, 0.5) is 13.2 Å². The third kappa shape index (κ3) is 6.03. The summed E-state index contributed by atoms with van der Waals surface area (Å²) < 4.78 is 38.1. The highest BCUT2D eigenvalue weighted by Crippen LogP contribution is 2.29. The number of hydrogen-bond acceptors (Lipinski definition) is 2. The molecule has 0 unspecified atom stereocenters. The lowest BCUT2D eigenvalue weighted by Gasteiger charge is -2.25. The van der Waals surface area contributed by atoms with Crippen LogP contribution in [-0.4, -0.2) is 29.9 Å². The molecule has 1 aromatic rings. The van der Waals surface area contributed by atoms with E-state index in [1.54, 1.807) is 6.07 Å². The fourth-order valence-corrected chi connectivity index (χ4v) is 3.16. The minimum absolute atomic E-state index is 0.225. The fraction of sp³-hybridized carbons (Fsp3) is 0.632. The minimum atomic E-state index is -4.31. The lowest BCUT2D eigenvalue weighted by atomic mass is 10.1. The number of nitrogens with one attached hydrogen (secondary N) is 1. The highest BCUT2D eigenvalue weighted by Gasteiger charge is 2.31. The first-order valence-corrected chi connectivity index (χ1v) is 8.93. The first kappa shape index (κ1) is 19.8. The first-order valence-electron chi connectivity index (χ1n) is 8.93. The van der Waals surface area contributed by atoms with Gasteiger partial charge >= 0.3 is 6.18 Å². The molecular weight excluding hydrogens is 329 g/mol. The van der Waals surface area contributed by atoms with Gasteiger partial charge in [-0.2, -0.15) is 13.2 Å². The number of halogens is 3. The van der Waals surface area contributed by atoms with Gasteiger partial charge in [-0.3, -0.25) is 4.79 Å². The van der Waals surface area contributed by atoms with Gasteiger partial charge in [-0.1, -0.05) is 32.0 Å². The van der Waals surface area contributed by atoms with Crippen molar-refractivity contribution in [3.63, 3.8) is 0 Å². The molecule has 0 aliphatic carbocycles. The third-order valence-electron chi connectivity index (χ3n) is 4.64. The average molecular weight is 356 g/mol. The zero-order chi connectivity index (χ0) is 18.4. The fourth-order valence-electron chi connectivity index (χ4n) is 3.16. The molecule has 1 heterocycles. The molecule has 140 valence electrons. The molecule has 2 rings (SSSR count). The zero-order valence-corrected chi connectivity index (χ0v) is 14.9. The quantitative estimate of drug-likeness (QED) is 0.707. The summed E-state index contributed by atoms with van der Waals surface area (Å²) in [6.45, 7) is 6.18. The monoisotopic (exact) mass is 356 g/mol. The largest absolute Gasteiger partial charge is 0.416 e. The van der Waals surface area contributed by atoms with Crippen molar-refractivity contribution in [1.29, 1.82) is 0 Å². The molecule has 1 fully saturated rings. The van der Waals surface area contributed by atoms with Crippen LogP contribution in [0.3, 0.4) is 0 Å². The van der Waals surface area contributed by atoms with Crippen LogP contribution in [0.2, 0.25) is 0 Å². The van der Waals surface area contributed by atoms with E-state index < -0.39 is 11.7 Å². The number of alkyl halides is 3. The number of carbonyl (C=O) groups is 1. The summed E-state index contributed by atoms with van der Waals surface area (Å²) in [5.74, 6) is 0.789. The number of rotatable bonds is 8. The van der Waals surface area contributed by atoms with Crippen LogP contribution in [0.25, 0.3) is 0 Å². The maximum atomic E-state index is 12.7. The van der Waals surface area contributed by atoms with Crippen LogP contribution in [0.1, 0.15) is 50.7 Å². The Balaban J connectivity index is 1.78. The molecule has 0 spiro atoms. The summed E-state index contributed by atoms with van der Waals surface area (Å²) in [6, 6.07) is 5.64. The Bertz CT molecular complexity index is 572. The Kier molecular flexibility index (Phi) is 6.87. The van der Waals surface area contributed by atoms with Crippen molar-refractivity contribution in [1.82, 2.24) is 10.2 Å². The Hall–Kier alpha value is -1.56. The lowest BCUT2D eigenvalue weighted by Crippen LogP contribution is -2.36. The molecular formula is C19H27F3N2O. The minimum Gasteiger partial charge on any atom is -0.340 e. The van der Waals surface area contributed by atoms with Crippen LogP contribution in [0, 0.1) is 5.92 Å². The molecule has 25 heavy (non-hydrogen) atoms. The average Bonchev–Trinajstić information content (AvgIpc) is 2.89. The van der Waals surface area contributed by atoms with Crippen molar-refractivity contribution in [2.45, 2.75) is 58.3 Å². The second-order valence-corrected chi connectivity index (χ2v) is 7.13. The van der Waals surface area contributed by atoms with Crippen molar-refractivity contribution in [2.24, 2.45) is 5.92 Å². The Morgan fingerprint density at radius 2 is 2.08 bits per heavy atom. The molecule has 1 amide bonds. The highest BCUT2D eigenvalue weighted by atomic mass is 19.4. The molecule has 6 heteroatoms. The molecule has 1 atom stereocenters. The molecule has 0 bridgehead atoms. The summed E-state index contributed by atoms with van der Waals surface area (Å²) in [5, 5.41) is 3.20. The van der Waals surface area contributed by atoms with Crippen molar-refractivity contribution in [3.05, 3.63) is 35.4 Å². The molecule has 1 aromatic carbocycles. The van der Waals surface area contributed by atoms with Crippen molar-refractivity contribution >= 4 is 5.91 Å². The maximum absolute atomic E-state index is 12.7. The van der Waals surface area contributed by atoms with Gasteiger partial charge in [0.15, 0.2) is 0 Å². The van der Waals surface area contributed by atoms with Gasteiger partial charge in [0.2, 0.25) is 5.91 Å². The van der Waals surface area contributed by atoms with Crippen LogP contribution in [-0.2, 0) is 17.5 Å². The van der Waals surface area contributed by atoms with Gasteiger partial charge in [-0.05, 0) is 43.4 Å². The SMILES string of the molecule is CC(C)CCN1C(=O)CC[C@@H]1CCNCc1cccc(C(F)(F)F)c1. The number of likely N-dealkylation sites (tertiary alicyclic amines) is 1. The summed E-state index contributed by atoms with van der Waals surface area (Å²) in [5.41, 5.74) is 0.00189. The number of carbonyl (C=O) groups excluding carboxylic acids is 1. The molecule has 3 nitrogen and oxygen atoms in total. The topological polar surface area (TPSA) is 32.3 Å². The van der Waals surface area contributed by atoms with Crippen LogP contribution in [0.15, 0.2) is 24.3 Å². The molecule has 0 radical (unpaired) electrons. The summed E-state index contributed by atoms with van der Waals surface area (Å²) >= 11 is 0. The lowest BCUT2D eigenvalue weighted by molar-refractivity contribution is -0.137.